The predicted octanol–water partition coefficient (Wildman–Crippen LogP) is 3.28. The average Bonchev–Trinajstić information content (AvgIpc) is 3.22. The summed E-state index contributed by atoms with van der Waals surface area (Å²) in [5, 5.41) is 63.7. The molecule has 16 nitrogen and oxygen atoms in total. The molecule has 0 aliphatic carbocycles. The first-order valence-electron chi connectivity index (χ1n) is 22.8. The van der Waals surface area contributed by atoms with Gasteiger partial charge >= 0.3 is 5.97 Å². The fourth-order valence-corrected chi connectivity index (χ4v) is 20.0. The van der Waals surface area contributed by atoms with Crippen LogP contribution in [0.2, 0.25) is 0 Å². The molecule has 1 rings (SSSR count). The zero-order valence-electron chi connectivity index (χ0n) is 41.2. The number of aliphatic hydroxyl groups is 4. The molecule has 4 amide bonds. The van der Waals surface area contributed by atoms with Crippen LogP contribution in [0, 0.1) is 11.3 Å². The standard InChI is InChI=1S/C47H85N5O11S2/c1-34(2)38(32-35(3)45(61)62)52(11)44(60)42(46(4,5)6)51-43(59)41(49-10)47(7,8)36-16-15-17-37(33-36)63-25-31-65(27-21-53,28-22-54,29-23-55,30-24-56)64-26-19-40(58)50-20-14-12-13-18-39(57)48-9/h15-17,32-34,38,41-42,49,53-56H,12-14,18-31H2,1-11H3,(H,48,57)(H,50,58)(H,51,59)(H,61,62)/b35-32+/t38-,41-,42-/m1/s1. The van der Waals surface area contributed by atoms with Crippen molar-refractivity contribution in [1.29, 1.82) is 0 Å². The van der Waals surface area contributed by atoms with Crippen molar-refractivity contribution >= 4 is 47.7 Å². The van der Waals surface area contributed by atoms with Gasteiger partial charge in [0.25, 0.3) is 0 Å². The number of nitrogens with zero attached hydrogens (tertiary/aromatic N) is 1. The highest BCUT2D eigenvalue weighted by atomic mass is 33.2. The molecule has 376 valence electrons. The lowest BCUT2D eigenvalue weighted by molar-refractivity contribution is -0.141. The van der Waals surface area contributed by atoms with E-state index in [0.29, 0.717) is 30.2 Å². The van der Waals surface area contributed by atoms with Gasteiger partial charge in [-0.3, -0.25) is 19.2 Å². The van der Waals surface area contributed by atoms with Crippen molar-refractivity contribution < 1.29 is 54.2 Å². The second-order valence-corrected chi connectivity index (χ2v) is 31.6. The summed E-state index contributed by atoms with van der Waals surface area (Å²) in [7, 11) is 2.51. The zero-order chi connectivity index (χ0) is 49.7. The first-order chi connectivity index (χ1) is 30.3. The number of carbonyl (C=O) groups is 5. The number of ether oxygens (including phenoxy) is 1. The van der Waals surface area contributed by atoms with Crippen LogP contribution in [0.25, 0.3) is 0 Å². The molecule has 0 bridgehead atoms. The van der Waals surface area contributed by atoms with Crippen LogP contribution >= 0.6 is 18.1 Å². The van der Waals surface area contributed by atoms with Gasteiger partial charge in [0.05, 0.1) is 45.1 Å². The lowest BCUT2D eigenvalue weighted by Crippen LogP contribution is -2.61. The highest BCUT2D eigenvalue weighted by molar-refractivity contribution is 9.13. The van der Waals surface area contributed by atoms with E-state index in [2.05, 4.69) is 21.3 Å². The molecule has 3 atom stereocenters. The molecule has 0 saturated carbocycles. The molecule has 9 N–H and O–H groups in total. The topological polar surface area (TPSA) is 247 Å². The van der Waals surface area contributed by atoms with Gasteiger partial charge in [0.2, 0.25) is 23.6 Å². The Balaban J connectivity index is 3.42. The minimum atomic E-state index is -3.88. The van der Waals surface area contributed by atoms with E-state index >= 15 is 0 Å². The Labute approximate surface area is 391 Å². The van der Waals surface area contributed by atoms with Crippen molar-refractivity contribution in [2.45, 2.75) is 111 Å². The van der Waals surface area contributed by atoms with Crippen molar-refractivity contribution in [3.8, 4) is 5.75 Å². The van der Waals surface area contributed by atoms with Gasteiger partial charge < -0.3 is 56.4 Å². The van der Waals surface area contributed by atoms with Crippen molar-refractivity contribution in [3.63, 3.8) is 0 Å². The molecule has 0 aliphatic rings. The van der Waals surface area contributed by atoms with Gasteiger partial charge in [-0.2, -0.15) is 0 Å². The number of aliphatic hydroxyl groups excluding tert-OH is 4. The minimum absolute atomic E-state index is 0.0199. The van der Waals surface area contributed by atoms with E-state index in [4.69, 9.17) is 4.74 Å². The van der Waals surface area contributed by atoms with E-state index in [1.54, 1.807) is 33.3 Å². The molecule has 0 aromatic heterocycles. The SMILES string of the molecule is CNC(=O)CCCCCNC(=O)CCSS(CCO)(CCO)(CCO)(CCO)CCOc1cccc(C(C)(C)[C@H](NC)C(=O)N[C@H](C(=O)N(C)[C@H](/C=C(\C)C(=O)O)C(C)C)C(C)(C)C)c1. The third-order valence-corrected chi connectivity index (χ3v) is 27.2. The molecule has 1 aromatic rings. The van der Waals surface area contributed by atoms with Gasteiger partial charge in [0.1, 0.15) is 11.8 Å². The molecule has 1 aromatic carbocycles. The fraction of sp³-hybridized carbons (Fsp3) is 0.723. The van der Waals surface area contributed by atoms with Crippen LogP contribution < -0.4 is 26.0 Å². The van der Waals surface area contributed by atoms with Crippen LogP contribution in [0.3, 0.4) is 0 Å². The van der Waals surface area contributed by atoms with E-state index in [0.717, 1.165) is 24.8 Å². The summed E-state index contributed by atoms with van der Waals surface area (Å²) in [4.78, 5) is 66.1. The van der Waals surface area contributed by atoms with Gasteiger partial charge in [0.15, 0.2) is 0 Å². The van der Waals surface area contributed by atoms with Gasteiger partial charge in [-0.25, -0.2) is 12.1 Å². The summed E-state index contributed by atoms with van der Waals surface area (Å²) in [6.07, 6.45) is 4.39. The summed E-state index contributed by atoms with van der Waals surface area (Å²) in [6.45, 7) is 14.2. The first-order valence-corrected chi connectivity index (χ1v) is 27.6. The molecule has 0 heterocycles. The lowest BCUT2D eigenvalue weighted by Gasteiger charge is -2.78. The largest absolute Gasteiger partial charge is 0.493 e. The smallest absolute Gasteiger partial charge is 0.331 e. The van der Waals surface area contributed by atoms with Crippen molar-refractivity contribution in [1.82, 2.24) is 26.2 Å². The third-order valence-electron chi connectivity index (χ3n) is 13.0. The molecule has 0 fully saturated rings. The molecular weight excluding hydrogens is 875 g/mol. The number of unbranched alkanes of at least 4 members (excludes halogenated alkanes) is 2. The van der Waals surface area contributed by atoms with Crippen molar-refractivity contribution in [2.24, 2.45) is 11.3 Å². The second-order valence-electron chi connectivity index (χ2n) is 19.4. The number of likely N-dealkylation sites (N-methyl/N-ethyl adjacent to an activating group) is 2. The summed E-state index contributed by atoms with van der Waals surface area (Å²) in [5.74, 6) is -0.107. The van der Waals surface area contributed by atoms with Crippen LogP contribution in [-0.2, 0) is 29.4 Å². The molecule has 18 heteroatoms. The Bertz CT molecular complexity index is 1710. The number of hydrogen-bond acceptors (Lipinski definition) is 12. The highest BCUT2D eigenvalue weighted by Gasteiger charge is 2.59. The van der Waals surface area contributed by atoms with Crippen LogP contribution in [-0.4, -0.2) is 173 Å². The monoisotopic (exact) mass is 960 g/mol. The highest BCUT2D eigenvalue weighted by Crippen LogP contribution is 2.96. The maximum absolute atomic E-state index is 14.3. The van der Waals surface area contributed by atoms with Gasteiger partial charge in [-0.15, -0.1) is 10.8 Å². The Hall–Kier alpha value is -3.39. The second kappa shape index (κ2) is 26.2. The van der Waals surface area contributed by atoms with E-state index in [-0.39, 0.29) is 91.7 Å². The quantitative estimate of drug-likeness (QED) is 0.0286. The normalized spacial score (nSPS) is 15.0. The van der Waals surface area contributed by atoms with Crippen LogP contribution in [0.4, 0.5) is 0 Å². The molecule has 0 saturated heterocycles. The number of aliphatic carboxylic acids is 1. The van der Waals surface area contributed by atoms with Crippen LogP contribution in [0.15, 0.2) is 35.9 Å². The summed E-state index contributed by atoms with van der Waals surface area (Å²) < 4.78 is 6.46. The van der Waals surface area contributed by atoms with Crippen molar-refractivity contribution in [2.75, 3.05) is 95.2 Å². The Morgan fingerprint density at radius 2 is 1.42 bits per heavy atom. The van der Waals surface area contributed by atoms with E-state index < -0.39 is 48.2 Å². The Morgan fingerprint density at radius 3 is 1.91 bits per heavy atom. The van der Waals surface area contributed by atoms with Gasteiger partial charge in [-0.1, -0.05) is 73.1 Å². The Morgan fingerprint density at radius 1 is 0.831 bits per heavy atom. The lowest BCUT2D eigenvalue weighted by atomic mass is 9.76. The minimum Gasteiger partial charge on any atom is -0.493 e. The predicted molar refractivity (Wildman–Crippen MR) is 265 cm³/mol. The molecule has 65 heavy (non-hydrogen) atoms. The van der Waals surface area contributed by atoms with Gasteiger partial charge in [-0.05, 0) is 78.9 Å². The van der Waals surface area contributed by atoms with E-state index in [1.165, 1.54) is 22.6 Å². The Kier molecular flexibility index (Phi) is 24.1. The zero-order valence-corrected chi connectivity index (χ0v) is 42.8. The first kappa shape index (κ1) is 59.6. The summed E-state index contributed by atoms with van der Waals surface area (Å²) >= 11 is 0. The fourth-order valence-electron chi connectivity index (χ4n) is 8.66. The number of benzene rings is 1. The number of carboxylic acid groups (broad SMARTS) is 1. The average molecular weight is 960 g/mol. The summed E-state index contributed by atoms with van der Waals surface area (Å²) in [5.41, 5.74) is -0.704. The number of amides is 4. The molecule has 0 aliphatic heterocycles. The summed E-state index contributed by atoms with van der Waals surface area (Å²) in [6, 6.07) is 5.02. The van der Waals surface area contributed by atoms with Crippen LogP contribution in [0.1, 0.15) is 93.1 Å². The van der Waals surface area contributed by atoms with E-state index in [1.807, 2.05) is 66.7 Å². The number of hydrogen-bond donors (Lipinski definition) is 9. The molecule has 0 spiro atoms. The maximum Gasteiger partial charge on any atom is 0.331 e. The number of nitrogens with one attached hydrogen (secondary N) is 4. The van der Waals surface area contributed by atoms with Crippen LogP contribution in [0.5, 0.6) is 5.75 Å². The van der Waals surface area contributed by atoms with Gasteiger partial charge in [0, 0.05) is 56.0 Å². The van der Waals surface area contributed by atoms with Crippen molar-refractivity contribution in [3.05, 3.63) is 41.5 Å². The maximum atomic E-state index is 14.3. The molecular formula is C47H85N5O11S2. The number of rotatable bonds is 32. The molecule has 0 radical (unpaired) electrons. The number of carboxylic acids is 1. The third kappa shape index (κ3) is 16.7. The molecule has 0 unspecified atom stereocenters. The number of carbonyl (C=O) groups excluding carboxylic acids is 4. The van der Waals surface area contributed by atoms with E-state index in [9.17, 15) is 49.5 Å².